The van der Waals surface area contributed by atoms with E-state index < -0.39 is 10.0 Å². The SMILES string of the molecule is CCCCCCCCS(=O)(=O)n1cnc(-c2ccccc2)c1. The molecule has 0 bridgehead atoms. The highest BCUT2D eigenvalue weighted by Crippen LogP contribution is 2.17. The van der Waals surface area contributed by atoms with Gasteiger partial charge in [-0.25, -0.2) is 17.4 Å². The lowest BCUT2D eigenvalue weighted by atomic mass is 10.1. The van der Waals surface area contributed by atoms with Gasteiger partial charge >= 0.3 is 0 Å². The summed E-state index contributed by atoms with van der Waals surface area (Å²) in [5, 5.41) is 0. The zero-order valence-electron chi connectivity index (χ0n) is 13.1. The van der Waals surface area contributed by atoms with E-state index in [-0.39, 0.29) is 5.75 Å². The lowest BCUT2D eigenvalue weighted by Gasteiger charge is -2.04. The first-order chi connectivity index (χ1) is 10.6. The summed E-state index contributed by atoms with van der Waals surface area (Å²) in [5.41, 5.74) is 1.61. The lowest BCUT2D eigenvalue weighted by Crippen LogP contribution is -2.14. The van der Waals surface area contributed by atoms with Gasteiger partial charge in [0.15, 0.2) is 0 Å². The van der Waals surface area contributed by atoms with Crippen molar-refractivity contribution in [3.8, 4) is 11.3 Å². The van der Waals surface area contributed by atoms with Crippen molar-refractivity contribution in [3.63, 3.8) is 0 Å². The molecule has 0 aliphatic carbocycles. The Morgan fingerprint density at radius 2 is 1.68 bits per heavy atom. The standard InChI is InChI=1S/C17H24N2O2S/c1-2-3-4-5-6-10-13-22(20,21)19-14-17(18-15-19)16-11-8-7-9-12-16/h7-9,11-12,14-15H,2-6,10,13H2,1H3. The zero-order chi connectivity index (χ0) is 15.8. The molecule has 4 nitrogen and oxygen atoms in total. The van der Waals surface area contributed by atoms with E-state index in [9.17, 15) is 8.42 Å². The molecular formula is C17H24N2O2S. The Morgan fingerprint density at radius 3 is 2.41 bits per heavy atom. The molecule has 120 valence electrons. The Kier molecular flexibility index (Phi) is 6.19. The van der Waals surface area contributed by atoms with Crippen LogP contribution in [0.3, 0.4) is 0 Å². The minimum Gasteiger partial charge on any atom is -0.236 e. The molecule has 0 spiro atoms. The van der Waals surface area contributed by atoms with Crippen molar-refractivity contribution in [2.45, 2.75) is 45.4 Å². The zero-order valence-corrected chi connectivity index (χ0v) is 13.9. The molecule has 0 fully saturated rings. The van der Waals surface area contributed by atoms with Gasteiger partial charge in [0.25, 0.3) is 0 Å². The van der Waals surface area contributed by atoms with Crippen molar-refractivity contribution in [3.05, 3.63) is 42.9 Å². The summed E-state index contributed by atoms with van der Waals surface area (Å²) in [6.45, 7) is 2.17. The summed E-state index contributed by atoms with van der Waals surface area (Å²) >= 11 is 0. The van der Waals surface area contributed by atoms with Crippen LogP contribution in [0.5, 0.6) is 0 Å². The van der Waals surface area contributed by atoms with Crippen LogP contribution in [0.2, 0.25) is 0 Å². The van der Waals surface area contributed by atoms with Gasteiger partial charge in [-0.3, -0.25) is 0 Å². The van der Waals surface area contributed by atoms with Crippen molar-refractivity contribution < 1.29 is 8.42 Å². The largest absolute Gasteiger partial charge is 0.239 e. The lowest BCUT2D eigenvalue weighted by molar-refractivity contribution is 0.576. The highest BCUT2D eigenvalue weighted by molar-refractivity contribution is 7.89. The molecule has 5 heteroatoms. The number of hydrogen-bond donors (Lipinski definition) is 0. The van der Waals surface area contributed by atoms with Crippen LogP contribution >= 0.6 is 0 Å². The molecule has 2 rings (SSSR count). The summed E-state index contributed by atoms with van der Waals surface area (Å²) in [5.74, 6) is 0.184. The summed E-state index contributed by atoms with van der Waals surface area (Å²) in [6, 6.07) is 9.61. The first kappa shape index (κ1) is 16.7. The third-order valence-electron chi connectivity index (χ3n) is 3.71. The fourth-order valence-corrected chi connectivity index (χ4v) is 3.62. The predicted molar refractivity (Wildman–Crippen MR) is 90.2 cm³/mol. The number of aromatic nitrogens is 2. The van der Waals surface area contributed by atoms with Gasteiger partial charge < -0.3 is 0 Å². The normalized spacial score (nSPS) is 11.7. The van der Waals surface area contributed by atoms with E-state index in [1.165, 1.54) is 29.6 Å². The highest BCUT2D eigenvalue weighted by Gasteiger charge is 2.14. The number of unbranched alkanes of at least 4 members (excludes halogenated alkanes) is 5. The van der Waals surface area contributed by atoms with Crippen LogP contribution in [-0.4, -0.2) is 23.1 Å². The molecule has 2 aromatic rings. The molecule has 0 saturated carbocycles. The highest BCUT2D eigenvalue weighted by atomic mass is 32.2. The van der Waals surface area contributed by atoms with E-state index in [1.54, 1.807) is 6.20 Å². The van der Waals surface area contributed by atoms with Crippen LogP contribution in [0.1, 0.15) is 45.4 Å². The molecule has 0 aliphatic rings. The predicted octanol–water partition coefficient (Wildman–Crippen LogP) is 4.09. The molecule has 0 N–H and O–H groups in total. The molecule has 0 unspecified atom stereocenters. The van der Waals surface area contributed by atoms with E-state index in [0.717, 1.165) is 18.4 Å². The summed E-state index contributed by atoms with van der Waals surface area (Å²) in [7, 11) is -3.29. The van der Waals surface area contributed by atoms with Gasteiger partial charge in [-0.05, 0) is 6.42 Å². The van der Waals surface area contributed by atoms with E-state index in [4.69, 9.17) is 0 Å². The summed E-state index contributed by atoms with van der Waals surface area (Å²) in [6.07, 6.45) is 9.42. The molecule has 0 atom stereocenters. The molecule has 0 aliphatic heterocycles. The number of rotatable bonds is 9. The maximum absolute atomic E-state index is 12.3. The van der Waals surface area contributed by atoms with E-state index in [1.807, 2.05) is 30.3 Å². The first-order valence-electron chi connectivity index (χ1n) is 7.96. The third-order valence-corrected chi connectivity index (χ3v) is 5.35. The Morgan fingerprint density at radius 1 is 1.00 bits per heavy atom. The Balaban J connectivity index is 1.92. The van der Waals surface area contributed by atoms with Gasteiger partial charge in [-0.15, -0.1) is 0 Å². The first-order valence-corrected chi connectivity index (χ1v) is 9.57. The van der Waals surface area contributed by atoms with Gasteiger partial charge in [0, 0.05) is 11.8 Å². The van der Waals surface area contributed by atoms with Crippen molar-refractivity contribution in [2.75, 3.05) is 5.75 Å². The molecule has 0 radical (unpaired) electrons. The van der Waals surface area contributed by atoms with E-state index in [0.29, 0.717) is 12.1 Å². The van der Waals surface area contributed by atoms with Crippen molar-refractivity contribution in [2.24, 2.45) is 0 Å². The van der Waals surface area contributed by atoms with Crippen molar-refractivity contribution in [1.82, 2.24) is 8.96 Å². The average Bonchev–Trinajstić information content (AvgIpc) is 3.02. The van der Waals surface area contributed by atoms with Crippen LogP contribution in [0, 0.1) is 0 Å². The third kappa shape index (κ3) is 4.70. The smallest absolute Gasteiger partial charge is 0.236 e. The van der Waals surface area contributed by atoms with Gasteiger partial charge in [-0.2, -0.15) is 0 Å². The molecule has 1 aromatic heterocycles. The second kappa shape index (κ2) is 8.13. The Labute approximate surface area is 133 Å². The quantitative estimate of drug-likeness (QED) is 0.654. The Bertz CT molecular complexity index is 663. The van der Waals surface area contributed by atoms with Crippen molar-refractivity contribution in [1.29, 1.82) is 0 Å². The number of nitrogens with zero attached hydrogens (tertiary/aromatic N) is 2. The number of imidazole rings is 1. The molecule has 1 heterocycles. The minimum absolute atomic E-state index is 0.184. The van der Waals surface area contributed by atoms with Gasteiger partial charge in [0.05, 0.1) is 11.4 Å². The number of hydrogen-bond acceptors (Lipinski definition) is 3. The molecule has 1 aromatic carbocycles. The fourth-order valence-electron chi connectivity index (χ4n) is 2.39. The molecule has 22 heavy (non-hydrogen) atoms. The monoisotopic (exact) mass is 320 g/mol. The second-order valence-electron chi connectivity index (χ2n) is 5.54. The molecule has 0 saturated heterocycles. The van der Waals surface area contributed by atoms with Gasteiger partial charge in [0.2, 0.25) is 10.0 Å². The number of benzene rings is 1. The van der Waals surface area contributed by atoms with Crippen LogP contribution in [0.25, 0.3) is 11.3 Å². The average molecular weight is 320 g/mol. The van der Waals surface area contributed by atoms with E-state index >= 15 is 0 Å². The summed E-state index contributed by atoms with van der Waals surface area (Å²) in [4.78, 5) is 4.21. The molecule has 0 amide bonds. The second-order valence-corrected chi connectivity index (χ2v) is 7.53. The Hall–Kier alpha value is -1.62. The minimum atomic E-state index is -3.29. The maximum Gasteiger partial charge on any atom is 0.239 e. The van der Waals surface area contributed by atoms with Crippen LogP contribution in [-0.2, 0) is 10.0 Å². The van der Waals surface area contributed by atoms with Crippen LogP contribution in [0.15, 0.2) is 42.9 Å². The van der Waals surface area contributed by atoms with Crippen LogP contribution in [0.4, 0.5) is 0 Å². The summed E-state index contributed by atoms with van der Waals surface area (Å²) < 4.78 is 25.8. The van der Waals surface area contributed by atoms with Crippen molar-refractivity contribution >= 4 is 10.0 Å². The maximum atomic E-state index is 12.3. The molecular weight excluding hydrogens is 296 g/mol. The van der Waals surface area contributed by atoms with Gasteiger partial charge in [-0.1, -0.05) is 69.4 Å². The topological polar surface area (TPSA) is 52.0 Å². The van der Waals surface area contributed by atoms with E-state index in [2.05, 4.69) is 11.9 Å². The fraction of sp³-hybridized carbons (Fsp3) is 0.471. The van der Waals surface area contributed by atoms with Crippen LogP contribution < -0.4 is 0 Å². The van der Waals surface area contributed by atoms with Gasteiger partial charge in [0.1, 0.15) is 6.33 Å².